The first-order valence-electron chi connectivity index (χ1n) is 7.50. The van der Waals surface area contributed by atoms with Gasteiger partial charge in [-0.05, 0) is 26.0 Å². The van der Waals surface area contributed by atoms with Gasteiger partial charge in [0.1, 0.15) is 11.0 Å². The van der Waals surface area contributed by atoms with Crippen molar-refractivity contribution >= 4 is 17.4 Å². The molecule has 0 unspecified atom stereocenters. The lowest BCUT2D eigenvalue weighted by molar-refractivity contribution is -0.475. The Morgan fingerprint density at radius 1 is 1.18 bits per heavy atom. The summed E-state index contributed by atoms with van der Waals surface area (Å²) in [6.07, 6.45) is 5.74. The molecule has 5 nitrogen and oxygen atoms in total. The van der Waals surface area contributed by atoms with Gasteiger partial charge in [0, 0.05) is 37.7 Å². The maximum atomic E-state index is 5.83. The van der Waals surface area contributed by atoms with E-state index in [1.54, 1.807) is 12.3 Å². The number of pyridine rings is 1. The fourth-order valence-electron chi connectivity index (χ4n) is 2.70. The molecule has 6 heteroatoms. The van der Waals surface area contributed by atoms with E-state index >= 15 is 0 Å². The van der Waals surface area contributed by atoms with Crippen LogP contribution in [0, 0.1) is 6.92 Å². The van der Waals surface area contributed by atoms with Crippen molar-refractivity contribution in [1.29, 1.82) is 0 Å². The van der Waals surface area contributed by atoms with Crippen molar-refractivity contribution in [2.75, 3.05) is 18.0 Å². The summed E-state index contributed by atoms with van der Waals surface area (Å²) in [6, 6.07) is 3.69. The van der Waals surface area contributed by atoms with Crippen molar-refractivity contribution in [2.45, 2.75) is 32.2 Å². The highest BCUT2D eigenvalue weighted by Crippen LogP contribution is 2.25. The first kappa shape index (κ1) is 15.2. The molecule has 3 heterocycles. The second kappa shape index (κ2) is 5.82. The molecule has 2 aromatic heterocycles. The van der Waals surface area contributed by atoms with Gasteiger partial charge >= 0.3 is 0 Å². The minimum atomic E-state index is 0.188. The van der Waals surface area contributed by atoms with Gasteiger partial charge in [0.15, 0.2) is 0 Å². The molecule has 0 aliphatic carbocycles. The van der Waals surface area contributed by atoms with Crippen LogP contribution >= 0.6 is 11.6 Å². The molecule has 3 rings (SSSR count). The Balaban J connectivity index is 1.82. The molecule has 0 spiro atoms. The van der Waals surface area contributed by atoms with Crippen LogP contribution in [0.4, 0.5) is 5.82 Å². The zero-order chi connectivity index (χ0) is 15.7. The standard InChI is InChI=1S/C16H20ClN5/c1-11-15(12-3-4-13(17)19-9-12)20-10-14(21-11)22-7-5-16(2,18)6-8-22/h3-4,9-10H,5-8,18H2,1-2H3/p+1. The summed E-state index contributed by atoms with van der Waals surface area (Å²) >= 11 is 5.83. The number of rotatable bonds is 2. The normalized spacial score (nSPS) is 17.5. The maximum Gasteiger partial charge on any atom is 0.147 e. The van der Waals surface area contributed by atoms with Crippen LogP contribution in [-0.4, -0.2) is 33.6 Å². The number of nitrogens with zero attached hydrogens (tertiary/aromatic N) is 4. The summed E-state index contributed by atoms with van der Waals surface area (Å²) in [5, 5.41) is 0.482. The van der Waals surface area contributed by atoms with Crippen molar-refractivity contribution in [2.24, 2.45) is 0 Å². The van der Waals surface area contributed by atoms with E-state index in [1.165, 1.54) is 0 Å². The van der Waals surface area contributed by atoms with Crippen LogP contribution in [0.15, 0.2) is 24.5 Å². The van der Waals surface area contributed by atoms with Crippen LogP contribution in [0.1, 0.15) is 25.5 Å². The molecular weight excluding hydrogens is 298 g/mol. The number of anilines is 1. The lowest BCUT2D eigenvalue weighted by atomic mass is 9.91. The van der Waals surface area contributed by atoms with E-state index in [-0.39, 0.29) is 5.54 Å². The van der Waals surface area contributed by atoms with Crippen LogP contribution in [-0.2, 0) is 0 Å². The second-order valence-electron chi connectivity index (χ2n) is 6.33. The topological polar surface area (TPSA) is 69.6 Å². The third-order valence-corrected chi connectivity index (χ3v) is 4.45. The Morgan fingerprint density at radius 2 is 1.91 bits per heavy atom. The third-order valence-electron chi connectivity index (χ3n) is 4.23. The Kier molecular flexibility index (Phi) is 4.02. The lowest BCUT2D eigenvalue weighted by Gasteiger charge is -2.35. The average molecular weight is 319 g/mol. The Bertz CT molecular complexity index is 659. The SMILES string of the molecule is Cc1nc(N2CCC(C)([NH3+])CC2)cnc1-c1ccc(Cl)nc1. The minimum Gasteiger partial charge on any atom is -0.355 e. The molecule has 116 valence electrons. The van der Waals surface area contributed by atoms with Gasteiger partial charge in [0.05, 0.1) is 23.1 Å². The fourth-order valence-corrected chi connectivity index (χ4v) is 2.81. The van der Waals surface area contributed by atoms with Gasteiger partial charge in [-0.2, -0.15) is 0 Å². The van der Waals surface area contributed by atoms with Crippen LogP contribution in [0.5, 0.6) is 0 Å². The van der Waals surface area contributed by atoms with Crippen molar-refractivity contribution in [3.05, 3.63) is 35.4 Å². The first-order valence-corrected chi connectivity index (χ1v) is 7.88. The van der Waals surface area contributed by atoms with E-state index in [9.17, 15) is 0 Å². The monoisotopic (exact) mass is 318 g/mol. The summed E-state index contributed by atoms with van der Waals surface area (Å²) in [5.41, 5.74) is 7.14. The van der Waals surface area contributed by atoms with Gasteiger partial charge in [-0.25, -0.2) is 9.97 Å². The minimum absolute atomic E-state index is 0.188. The van der Waals surface area contributed by atoms with Gasteiger partial charge in [0.25, 0.3) is 0 Å². The van der Waals surface area contributed by atoms with Crippen LogP contribution < -0.4 is 10.6 Å². The molecule has 1 aliphatic heterocycles. The maximum absolute atomic E-state index is 5.83. The molecule has 3 N–H and O–H groups in total. The Morgan fingerprint density at radius 3 is 2.50 bits per heavy atom. The first-order chi connectivity index (χ1) is 10.4. The number of aromatic nitrogens is 3. The quantitative estimate of drug-likeness (QED) is 0.861. The Hall–Kier alpha value is -1.72. The van der Waals surface area contributed by atoms with Crippen molar-refractivity contribution < 1.29 is 5.73 Å². The smallest absolute Gasteiger partial charge is 0.147 e. The van der Waals surface area contributed by atoms with Crippen LogP contribution in [0.25, 0.3) is 11.3 Å². The molecular formula is C16H21ClN5+. The summed E-state index contributed by atoms with van der Waals surface area (Å²) in [6.45, 7) is 6.17. The van der Waals surface area contributed by atoms with Crippen LogP contribution in [0.2, 0.25) is 5.15 Å². The van der Waals surface area contributed by atoms with Crippen molar-refractivity contribution in [3.8, 4) is 11.3 Å². The number of hydrogen-bond acceptors (Lipinski definition) is 4. The molecule has 22 heavy (non-hydrogen) atoms. The number of halogens is 1. The van der Waals surface area contributed by atoms with Gasteiger partial charge in [0.2, 0.25) is 0 Å². The summed E-state index contributed by atoms with van der Waals surface area (Å²) in [4.78, 5) is 15.7. The Labute approximate surface area is 135 Å². The fraction of sp³-hybridized carbons (Fsp3) is 0.438. The predicted octanol–water partition coefficient (Wildman–Crippen LogP) is 2.10. The summed E-state index contributed by atoms with van der Waals surface area (Å²) in [5.74, 6) is 0.943. The van der Waals surface area contributed by atoms with Gasteiger partial charge in [-0.1, -0.05) is 11.6 Å². The summed E-state index contributed by atoms with van der Waals surface area (Å²) in [7, 11) is 0. The van der Waals surface area contributed by atoms with E-state index < -0.39 is 0 Å². The molecule has 1 saturated heterocycles. The number of aryl methyl sites for hydroxylation is 1. The number of quaternary nitrogens is 1. The third kappa shape index (κ3) is 3.20. The second-order valence-corrected chi connectivity index (χ2v) is 6.72. The molecule has 2 aromatic rings. The van der Waals surface area contributed by atoms with Gasteiger partial charge in [-0.15, -0.1) is 0 Å². The van der Waals surface area contributed by atoms with Gasteiger partial charge in [-0.3, -0.25) is 4.98 Å². The average Bonchev–Trinajstić information content (AvgIpc) is 2.48. The molecule has 0 bridgehead atoms. The van der Waals surface area contributed by atoms with E-state index in [1.807, 2.05) is 19.2 Å². The molecule has 1 aliphatic rings. The highest BCUT2D eigenvalue weighted by Gasteiger charge is 2.30. The zero-order valence-electron chi connectivity index (χ0n) is 13.0. The van der Waals surface area contributed by atoms with E-state index in [2.05, 4.69) is 27.5 Å². The highest BCUT2D eigenvalue weighted by atomic mass is 35.5. The lowest BCUT2D eigenvalue weighted by Crippen LogP contribution is -2.73. The molecule has 1 fully saturated rings. The van der Waals surface area contributed by atoms with E-state index in [0.29, 0.717) is 5.15 Å². The molecule has 0 atom stereocenters. The highest BCUT2D eigenvalue weighted by molar-refractivity contribution is 6.29. The van der Waals surface area contributed by atoms with E-state index in [4.69, 9.17) is 16.6 Å². The summed E-state index contributed by atoms with van der Waals surface area (Å²) < 4.78 is 0. The molecule has 0 aromatic carbocycles. The van der Waals surface area contributed by atoms with Gasteiger partial charge < -0.3 is 10.6 Å². The van der Waals surface area contributed by atoms with Crippen molar-refractivity contribution in [1.82, 2.24) is 15.0 Å². The predicted molar refractivity (Wildman–Crippen MR) is 87.8 cm³/mol. The largest absolute Gasteiger partial charge is 0.355 e. The zero-order valence-corrected chi connectivity index (χ0v) is 13.8. The van der Waals surface area contributed by atoms with Crippen LogP contribution in [0.3, 0.4) is 0 Å². The molecule has 0 saturated carbocycles. The number of piperidine rings is 1. The molecule has 0 radical (unpaired) electrons. The molecule has 0 amide bonds. The van der Waals surface area contributed by atoms with Crippen molar-refractivity contribution in [3.63, 3.8) is 0 Å². The number of hydrogen-bond donors (Lipinski definition) is 1. The van der Waals surface area contributed by atoms with E-state index in [0.717, 1.165) is 48.7 Å².